The summed E-state index contributed by atoms with van der Waals surface area (Å²) in [5.74, 6) is 0.0553. The third-order valence-electron chi connectivity index (χ3n) is 3.12. The van der Waals surface area contributed by atoms with Crippen molar-refractivity contribution in [1.82, 2.24) is 10.2 Å². The zero-order chi connectivity index (χ0) is 12.7. The van der Waals surface area contributed by atoms with Crippen molar-refractivity contribution >= 4 is 10.0 Å². The second-order valence-electron chi connectivity index (χ2n) is 4.81. The zero-order valence-electron chi connectivity index (χ0n) is 10.7. The molecule has 0 aromatic rings. The van der Waals surface area contributed by atoms with Gasteiger partial charge in [0.05, 0.1) is 5.75 Å². The van der Waals surface area contributed by atoms with Crippen LogP contribution in [0.1, 0.15) is 32.6 Å². The van der Waals surface area contributed by atoms with Gasteiger partial charge in [-0.15, -0.1) is 0 Å². The Morgan fingerprint density at radius 2 is 2.12 bits per heavy atom. The van der Waals surface area contributed by atoms with Gasteiger partial charge in [0.1, 0.15) is 0 Å². The summed E-state index contributed by atoms with van der Waals surface area (Å²) in [6, 6.07) is 0.510. The number of nitrogens with zero attached hydrogens (tertiary/aromatic N) is 1. The summed E-state index contributed by atoms with van der Waals surface area (Å²) in [7, 11) is -3.34. The van der Waals surface area contributed by atoms with Gasteiger partial charge in [-0.25, -0.2) is 13.6 Å². The Labute approximate surface area is 105 Å². The first kappa shape index (κ1) is 14.9. The van der Waals surface area contributed by atoms with Crippen molar-refractivity contribution in [3.63, 3.8) is 0 Å². The second kappa shape index (κ2) is 7.31. The molecular formula is C11H25N3O2S. The highest BCUT2D eigenvalue weighted by Crippen LogP contribution is 2.08. The summed E-state index contributed by atoms with van der Waals surface area (Å²) in [6.45, 7) is 5.61. The van der Waals surface area contributed by atoms with Gasteiger partial charge in [0.15, 0.2) is 0 Å². The first-order valence-electron chi connectivity index (χ1n) is 6.47. The predicted octanol–water partition coefficient (Wildman–Crippen LogP) is 0.129. The van der Waals surface area contributed by atoms with Crippen LogP contribution in [-0.2, 0) is 10.0 Å². The van der Waals surface area contributed by atoms with Crippen molar-refractivity contribution in [3.05, 3.63) is 0 Å². The van der Waals surface area contributed by atoms with Gasteiger partial charge in [-0.1, -0.05) is 13.3 Å². The number of sulfonamides is 1. The predicted molar refractivity (Wildman–Crippen MR) is 70.3 cm³/mol. The molecule has 0 spiro atoms. The number of nitrogens with two attached hydrogens (primary N) is 1. The van der Waals surface area contributed by atoms with Gasteiger partial charge < -0.3 is 10.2 Å². The molecule has 1 unspecified atom stereocenters. The van der Waals surface area contributed by atoms with Crippen LogP contribution in [0.3, 0.4) is 0 Å². The highest BCUT2D eigenvalue weighted by Gasteiger charge is 2.17. The quantitative estimate of drug-likeness (QED) is 0.684. The molecule has 1 heterocycles. The van der Waals surface area contributed by atoms with E-state index in [-0.39, 0.29) is 5.75 Å². The molecule has 0 saturated carbocycles. The van der Waals surface area contributed by atoms with E-state index in [0.29, 0.717) is 12.6 Å². The van der Waals surface area contributed by atoms with E-state index in [1.807, 2.05) is 0 Å². The molecule has 0 bridgehead atoms. The first-order valence-corrected chi connectivity index (χ1v) is 8.19. The van der Waals surface area contributed by atoms with E-state index in [2.05, 4.69) is 17.1 Å². The molecule has 1 saturated heterocycles. The fraction of sp³-hybridized carbons (Fsp3) is 1.00. The molecule has 0 radical (unpaired) electrons. The summed E-state index contributed by atoms with van der Waals surface area (Å²) >= 11 is 0. The average molecular weight is 263 g/mol. The maximum Gasteiger partial charge on any atom is 0.210 e. The lowest BCUT2D eigenvalue weighted by molar-refractivity contribution is 0.234. The fourth-order valence-electron chi connectivity index (χ4n) is 2.26. The van der Waals surface area contributed by atoms with Crippen molar-refractivity contribution in [2.24, 2.45) is 5.14 Å². The highest BCUT2D eigenvalue weighted by molar-refractivity contribution is 7.89. The topological polar surface area (TPSA) is 75.4 Å². The standard InChI is InChI=1S/C11H25N3O2S/c1-2-7-14(8-9-17(12,15)16)10-11-5-3-4-6-13-11/h11,13H,2-10H2,1H3,(H2,12,15,16). The minimum Gasteiger partial charge on any atom is -0.313 e. The van der Waals surface area contributed by atoms with Gasteiger partial charge in [0.2, 0.25) is 10.0 Å². The molecule has 0 aromatic heterocycles. The Balaban J connectivity index is 2.36. The molecule has 3 N–H and O–H groups in total. The maximum atomic E-state index is 11.0. The summed E-state index contributed by atoms with van der Waals surface area (Å²) in [5, 5.41) is 8.53. The van der Waals surface area contributed by atoms with Crippen LogP contribution in [0.4, 0.5) is 0 Å². The highest BCUT2D eigenvalue weighted by atomic mass is 32.2. The van der Waals surface area contributed by atoms with Crippen LogP contribution in [0.2, 0.25) is 0 Å². The minimum absolute atomic E-state index is 0.0553. The van der Waals surface area contributed by atoms with E-state index in [9.17, 15) is 8.42 Å². The summed E-state index contributed by atoms with van der Waals surface area (Å²) in [5.41, 5.74) is 0. The molecule has 1 atom stereocenters. The van der Waals surface area contributed by atoms with Crippen molar-refractivity contribution in [1.29, 1.82) is 0 Å². The third-order valence-corrected chi connectivity index (χ3v) is 3.87. The molecule has 1 fully saturated rings. The lowest BCUT2D eigenvalue weighted by Gasteiger charge is -2.30. The monoisotopic (exact) mass is 263 g/mol. The molecule has 1 rings (SSSR count). The van der Waals surface area contributed by atoms with Crippen LogP contribution < -0.4 is 10.5 Å². The van der Waals surface area contributed by atoms with Gasteiger partial charge in [0.25, 0.3) is 0 Å². The van der Waals surface area contributed by atoms with Gasteiger partial charge >= 0.3 is 0 Å². The lowest BCUT2D eigenvalue weighted by atomic mass is 10.0. The van der Waals surface area contributed by atoms with E-state index in [0.717, 1.165) is 26.1 Å². The van der Waals surface area contributed by atoms with Crippen LogP contribution in [0.25, 0.3) is 0 Å². The molecule has 5 nitrogen and oxygen atoms in total. The number of hydrogen-bond donors (Lipinski definition) is 2. The molecule has 0 aromatic carbocycles. The molecule has 17 heavy (non-hydrogen) atoms. The largest absolute Gasteiger partial charge is 0.313 e. The Hall–Kier alpha value is -0.170. The van der Waals surface area contributed by atoms with Crippen molar-refractivity contribution in [2.75, 3.05) is 31.9 Å². The first-order chi connectivity index (χ1) is 8.01. The Bertz CT molecular complexity index is 300. The number of rotatable bonds is 7. The summed E-state index contributed by atoms with van der Waals surface area (Å²) in [4.78, 5) is 2.20. The van der Waals surface area contributed by atoms with Gasteiger partial charge in [-0.2, -0.15) is 0 Å². The Morgan fingerprint density at radius 3 is 2.65 bits per heavy atom. The van der Waals surface area contributed by atoms with Crippen LogP contribution in [0.5, 0.6) is 0 Å². The summed E-state index contributed by atoms with van der Waals surface area (Å²) in [6.07, 6.45) is 4.75. The molecular weight excluding hydrogens is 238 g/mol. The SMILES string of the molecule is CCCN(CCS(N)(=O)=O)CC1CCCCN1. The van der Waals surface area contributed by atoms with Gasteiger partial charge in [-0.05, 0) is 32.4 Å². The number of hydrogen-bond acceptors (Lipinski definition) is 4. The molecule has 1 aliphatic heterocycles. The fourth-order valence-corrected chi connectivity index (χ4v) is 2.77. The number of piperidine rings is 1. The Morgan fingerprint density at radius 1 is 1.35 bits per heavy atom. The molecule has 1 aliphatic rings. The van der Waals surface area contributed by atoms with E-state index < -0.39 is 10.0 Å². The van der Waals surface area contributed by atoms with Crippen molar-refractivity contribution in [3.8, 4) is 0 Å². The molecule has 0 aliphatic carbocycles. The second-order valence-corrected chi connectivity index (χ2v) is 6.55. The van der Waals surface area contributed by atoms with Gasteiger partial charge in [0, 0.05) is 19.1 Å². The van der Waals surface area contributed by atoms with Crippen LogP contribution in [0.15, 0.2) is 0 Å². The maximum absolute atomic E-state index is 11.0. The zero-order valence-corrected chi connectivity index (χ0v) is 11.5. The van der Waals surface area contributed by atoms with Crippen LogP contribution >= 0.6 is 0 Å². The number of nitrogens with one attached hydrogen (secondary N) is 1. The van der Waals surface area contributed by atoms with Crippen molar-refractivity contribution < 1.29 is 8.42 Å². The van der Waals surface area contributed by atoms with E-state index >= 15 is 0 Å². The third kappa shape index (κ3) is 6.98. The average Bonchev–Trinajstić information content (AvgIpc) is 2.27. The van der Waals surface area contributed by atoms with Gasteiger partial charge in [-0.3, -0.25) is 0 Å². The summed E-state index contributed by atoms with van der Waals surface area (Å²) < 4.78 is 21.9. The smallest absolute Gasteiger partial charge is 0.210 e. The molecule has 6 heteroatoms. The van der Waals surface area contributed by atoms with E-state index in [1.165, 1.54) is 19.3 Å². The van der Waals surface area contributed by atoms with Crippen LogP contribution in [0, 0.1) is 0 Å². The Kier molecular flexibility index (Phi) is 6.40. The molecule has 102 valence electrons. The number of primary sulfonamides is 1. The van der Waals surface area contributed by atoms with Crippen LogP contribution in [-0.4, -0.2) is 51.3 Å². The normalized spacial score (nSPS) is 21.9. The van der Waals surface area contributed by atoms with Crippen molar-refractivity contribution in [2.45, 2.75) is 38.6 Å². The molecule has 0 amide bonds. The lowest BCUT2D eigenvalue weighted by Crippen LogP contribution is -2.45. The van der Waals surface area contributed by atoms with E-state index in [1.54, 1.807) is 0 Å². The minimum atomic E-state index is -3.34. The van der Waals surface area contributed by atoms with E-state index in [4.69, 9.17) is 5.14 Å².